The van der Waals surface area contributed by atoms with E-state index in [9.17, 15) is 4.79 Å². The van der Waals surface area contributed by atoms with Gasteiger partial charge in [0, 0.05) is 19.8 Å². The molecule has 0 aliphatic rings. The van der Waals surface area contributed by atoms with Crippen LogP contribution in [0.3, 0.4) is 0 Å². The van der Waals surface area contributed by atoms with E-state index < -0.39 is 0 Å². The Hall–Kier alpha value is -0.740. The molecule has 0 fully saturated rings. The van der Waals surface area contributed by atoms with E-state index >= 15 is 0 Å². The Kier molecular flexibility index (Phi) is 4.42. The van der Waals surface area contributed by atoms with Crippen LogP contribution in [0.4, 0.5) is 0 Å². The second kappa shape index (κ2) is 5.37. The van der Waals surface area contributed by atoms with Crippen LogP contribution in [0.1, 0.15) is 12.6 Å². The van der Waals surface area contributed by atoms with Crippen LogP contribution in [0.5, 0.6) is 0 Å². The molecule has 0 spiro atoms. The van der Waals surface area contributed by atoms with E-state index in [0.29, 0.717) is 17.3 Å². The van der Waals surface area contributed by atoms with Crippen LogP contribution >= 0.6 is 23.2 Å². The Balaban J connectivity index is 2.71. The van der Waals surface area contributed by atoms with Crippen molar-refractivity contribution in [2.24, 2.45) is 0 Å². The smallest absolute Gasteiger partial charge is 0.237 e. The molecule has 6 heteroatoms. The summed E-state index contributed by atoms with van der Waals surface area (Å²) < 4.78 is 1.73. The molecular formula is C9H13Cl2N3O. The minimum atomic E-state index is -0.140. The Labute approximate surface area is 98.8 Å². The van der Waals surface area contributed by atoms with Crippen LogP contribution in [0.2, 0.25) is 5.02 Å². The van der Waals surface area contributed by atoms with Crippen molar-refractivity contribution in [3.05, 3.63) is 16.9 Å². The molecule has 84 valence electrons. The lowest BCUT2D eigenvalue weighted by molar-refractivity contribution is -0.127. The molecule has 1 amide bonds. The lowest BCUT2D eigenvalue weighted by Crippen LogP contribution is -2.27. The Morgan fingerprint density at radius 1 is 1.67 bits per heavy atom. The molecule has 1 aromatic heterocycles. The van der Waals surface area contributed by atoms with Gasteiger partial charge in [-0.25, -0.2) is 0 Å². The lowest BCUT2D eigenvalue weighted by atomic mass is 10.4. The van der Waals surface area contributed by atoms with Gasteiger partial charge in [-0.15, -0.1) is 11.6 Å². The zero-order chi connectivity index (χ0) is 11.4. The van der Waals surface area contributed by atoms with Crippen LogP contribution in [0, 0.1) is 0 Å². The largest absolute Gasteiger partial charge is 0.339 e. The van der Waals surface area contributed by atoms with Crippen molar-refractivity contribution in [1.82, 2.24) is 14.7 Å². The van der Waals surface area contributed by atoms with Gasteiger partial charge in [0.25, 0.3) is 0 Å². The van der Waals surface area contributed by atoms with E-state index in [1.807, 2.05) is 6.92 Å². The fraction of sp³-hybridized carbons (Fsp3) is 0.556. The quantitative estimate of drug-likeness (QED) is 0.763. The highest BCUT2D eigenvalue weighted by Crippen LogP contribution is 2.15. The number of carbonyl (C=O) groups excluding carboxylic acids is 1. The fourth-order valence-electron chi connectivity index (χ4n) is 1.12. The van der Waals surface area contributed by atoms with Crippen LogP contribution in [0.15, 0.2) is 6.20 Å². The predicted octanol–water partition coefficient (Wildman–Crippen LogP) is 1.75. The third-order valence-corrected chi connectivity index (χ3v) is 2.58. The maximum atomic E-state index is 11.2. The molecule has 0 saturated heterocycles. The number of nitrogens with zero attached hydrogens (tertiary/aromatic N) is 3. The number of hydrogen-bond donors (Lipinski definition) is 0. The molecule has 1 rings (SSSR count). The van der Waals surface area contributed by atoms with E-state index in [4.69, 9.17) is 23.2 Å². The second-order valence-electron chi connectivity index (χ2n) is 3.16. The standard InChI is InChI=1S/C9H13Cl2N3O/c1-3-14-5-7(11)8(12-14)6-13(2)9(15)4-10/h5H,3-4,6H2,1-2H3. The molecule has 0 aromatic carbocycles. The van der Waals surface area contributed by atoms with Crippen molar-refractivity contribution in [2.75, 3.05) is 12.9 Å². The maximum absolute atomic E-state index is 11.2. The summed E-state index contributed by atoms with van der Waals surface area (Å²) >= 11 is 11.4. The molecule has 0 bridgehead atoms. The first kappa shape index (κ1) is 12.3. The van der Waals surface area contributed by atoms with Crippen molar-refractivity contribution < 1.29 is 4.79 Å². The third-order valence-electron chi connectivity index (χ3n) is 2.04. The molecule has 1 heterocycles. The zero-order valence-electron chi connectivity index (χ0n) is 8.70. The monoisotopic (exact) mass is 249 g/mol. The van der Waals surface area contributed by atoms with Crippen LogP contribution in [-0.4, -0.2) is 33.5 Å². The summed E-state index contributed by atoms with van der Waals surface area (Å²) in [6, 6.07) is 0. The number of halogens is 2. The molecule has 4 nitrogen and oxygen atoms in total. The Bertz CT molecular complexity index is 351. The normalized spacial score (nSPS) is 10.4. The van der Waals surface area contributed by atoms with Gasteiger partial charge in [-0.2, -0.15) is 5.10 Å². The molecule has 15 heavy (non-hydrogen) atoms. The molecule has 0 radical (unpaired) electrons. The van der Waals surface area contributed by atoms with Crippen molar-refractivity contribution in [3.63, 3.8) is 0 Å². The summed E-state index contributed by atoms with van der Waals surface area (Å²) in [6.07, 6.45) is 1.75. The number of hydrogen-bond acceptors (Lipinski definition) is 2. The van der Waals surface area contributed by atoms with Crippen LogP contribution in [0.25, 0.3) is 0 Å². The Morgan fingerprint density at radius 2 is 2.33 bits per heavy atom. The number of amides is 1. The minimum Gasteiger partial charge on any atom is -0.339 e. The first-order chi connectivity index (χ1) is 7.08. The van der Waals surface area contributed by atoms with Gasteiger partial charge in [0.1, 0.15) is 11.6 Å². The zero-order valence-corrected chi connectivity index (χ0v) is 10.2. The number of aromatic nitrogens is 2. The molecule has 0 saturated carbocycles. The van der Waals surface area contributed by atoms with Crippen LogP contribution < -0.4 is 0 Å². The highest BCUT2D eigenvalue weighted by Gasteiger charge is 2.12. The van der Waals surface area contributed by atoms with Crippen molar-refractivity contribution in [3.8, 4) is 0 Å². The van der Waals surface area contributed by atoms with Gasteiger partial charge in [0.2, 0.25) is 5.91 Å². The average molecular weight is 250 g/mol. The SMILES string of the molecule is CCn1cc(Cl)c(CN(C)C(=O)CCl)n1. The van der Waals surface area contributed by atoms with Gasteiger partial charge in [-0.05, 0) is 6.92 Å². The molecule has 1 aromatic rings. The summed E-state index contributed by atoms with van der Waals surface area (Å²) in [5.41, 5.74) is 0.694. The number of alkyl halides is 1. The van der Waals surface area contributed by atoms with Gasteiger partial charge >= 0.3 is 0 Å². The average Bonchev–Trinajstić information content (AvgIpc) is 2.58. The van der Waals surface area contributed by atoms with E-state index in [1.54, 1.807) is 17.9 Å². The third kappa shape index (κ3) is 3.11. The molecule has 0 N–H and O–H groups in total. The highest BCUT2D eigenvalue weighted by molar-refractivity contribution is 6.31. The van der Waals surface area contributed by atoms with Crippen molar-refractivity contribution >= 4 is 29.1 Å². The maximum Gasteiger partial charge on any atom is 0.237 e. The summed E-state index contributed by atoms with van der Waals surface area (Å²) in [4.78, 5) is 12.7. The molecule has 0 unspecified atom stereocenters. The molecular weight excluding hydrogens is 237 g/mol. The van der Waals surface area contributed by atoms with E-state index in [2.05, 4.69) is 5.10 Å². The summed E-state index contributed by atoms with van der Waals surface area (Å²) in [5, 5.41) is 4.81. The molecule has 0 aliphatic carbocycles. The summed E-state index contributed by atoms with van der Waals surface area (Å²) in [6.45, 7) is 3.12. The summed E-state index contributed by atoms with van der Waals surface area (Å²) in [7, 11) is 1.67. The first-order valence-corrected chi connectivity index (χ1v) is 5.51. The molecule has 0 atom stereocenters. The topological polar surface area (TPSA) is 38.1 Å². The van der Waals surface area contributed by atoms with Gasteiger partial charge in [-0.3, -0.25) is 9.48 Å². The number of carbonyl (C=O) groups is 1. The highest BCUT2D eigenvalue weighted by atomic mass is 35.5. The number of rotatable bonds is 4. The Morgan fingerprint density at radius 3 is 2.80 bits per heavy atom. The summed E-state index contributed by atoms with van der Waals surface area (Å²) in [5.74, 6) is -0.165. The van der Waals surface area contributed by atoms with Crippen LogP contribution in [-0.2, 0) is 17.9 Å². The van der Waals surface area contributed by atoms with Gasteiger partial charge in [0.05, 0.1) is 11.6 Å². The lowest BCUT2D eigenvalue weighted by Gasteiger charge is -2.13. The minimum absolute atomic E-state index is 0.0252. The first-order valence-electron chi connectivity index (χ1n) is 4.60. The molecule has 0 aliphatic heterocycles. The van der Waals surface area contributed by atoms with E-state index in [-0.39, 0.29) is 11.8 Å². The van der Waals surface area contributed by atoms with Gasteiger partial charge in [0.15, 0.2) is 0 Å². The number of aryl methyl sites for hydroxylation is 1. The van der Waals surface area contributed by atoms with E-state index in [0.717, 1.165) is 6.54 Å². The van der Waals surface area contributed by atoms with Gasteiger partial charge in [-0.1, -0.05) is 11.6 Å². The predicted molar refractivity (Wildman–Crippen MR) is 60.1 cm³/mol. The van der Waals surface area contributed by atoms with E-state index in [1.165, 1.54) is 4.90 Å². The van der Waals surface area contributed by atoms with Gasteiger partial charge < -0.3 is 4.90 Å². The fourth-order valence-corrected chi connectivity index (χ4v) is 1.54. The van der Waals surface area contributed by atoms with Crippen molar-refractivity contribution in [1.29, 1.82) is 0 Å². The van der Waals surface area contributed by atoms with Crippen molar-refractivity contribution in [2.45, 2.75) is 20.0 Å². The second-order valence-corrected chi connectivity index (χ2v) is 3.84.